The number of benzene rings is 1. The third-order valence-corrected chi connectivity index (χ3v) is 3.13. The normalized spacial score (nSPS) is 10.9. The predicted octanol–water partition coefficient (Wildman–Crippen LogP) is 2.58. The van der Waals surface area contributed by atoms with Gasteiger partial charge in [-0.2, -0.15) is 19.0 Å². The Balaban J connectivity index is 1.73. The van der Waals surface area contributed by atoms with Crippen LogP contribution in [0.25, 0.3) is 0 Å². The number of aromatic nitrogens is 4. The lowest BCUT2D eigenvalue weighted by atomic mass is 10.2. The third kappa shape index (κ3) is 4.16. The topological polar surface area (TPSA) is 74.0 Å². The molecule has 1 N–H and O–H groups in total. The highest BCUT2D eigenvalue weighted by Crippen LogP contribution is 2.27. The van der Waals surface area contributed by atoms with Gasteiger partial charge in [0.1, 0.15) is 12.5 Å². The average molecular weight is 351 g/mol. The quantitative estimate of drug-likeness (QED) is 0.741. The summed E-state index contributed by atoms with van der Waals surface area (Å²) in [6.07, 6.45) is 4.90. The SMILES string of the molecule is O=C(Nc1ccc(F)cc1OC(F)F)c1ccn(Cn2cccn2)n1. The van der Waals surface area contributed by atoms with Crippen molar-refractivity contribution in [2.24, 2.45) is 0 Å². The van der Waals surface area contributed by atoms with Crippen molar-refractivity contribution >= 4 is 11.6 Å². The minimum absolute atomic E-state index is 0.0551. The number of carbonyl (C=O) groups excluding carboxylic acids is 1. The highest BCUT2D eigenvalue weighted by molar-refractivity contribution is 6.03. The Morgan fingerprint density at radius 2 is 2.08 bits per heavy atom. The van der Waals surface area contributed by atoms with E-state index in [-0.39, 0.29) is 11.4 Å². The first-order chi connectivity index (χ1) is 12.0. The Hall–Kier alpha value is -3.30. The van der Waals surface area contributed by atoms with Crippen LogP contribution in [0, 0.1) is 5.82 Å². The Morgan fingerprint density at radius 1 is 1.24 bits per heavy atom. The number of hydrogen-bond donors (Lipinski definition) is 1. The van der Waals surface area contributed by atoms with Gasteiger partial charge in [0.05, 0.1) is 5.69 Å². The van der Waals surface area contributed by atoms with Gasteiger partial charge in [-0.05, 0) is 24.3 Å². The van der Waals surface area contributed by atoms with E-state index >= 15 is 0 Å². The Labute approximate surface area is 139 Å². The zero-order valence-corrected chi connectivity index (χ0v) is 12.6. The van der Waals surface area contributed by atoms with E-state index in [9.17, 15) is 18.0 Å². The van der Waals surface area contributed by atoms with Crippen molar-refractivity contribution in [2.75, 3.05) is 5.32 Å². The Bertz CT molecular complexity index is 864. The molecule has 2 aromatic heterocycles. The number of ether oxygens (including phenoxy) is 1. The highest BCUT2D eigenvalue weighted by atomic mass is 19.3. The fourth-order valence-corrected chi connectivity index (χ4v) is 2.07. The lowest BCUT2D eigenvalue weighted by Gasteiger charge is -2.11. The summed E-state index contributed by atoms with van der Waals surface area (Å²) in [4.78, 5) is 12.2. The van der Waals surface area contributed by atoms with Gasteiger partial charge in [0.15, 0.2) is 11.4 Å². The first-order valence-corrected chi connectivity index (χ1v) is 7.08. The fourth-order valence-electron chi connectivity index (χ4n) is 2.07. The van der Waals surface area contributed by atoms with Crippen molar-refractivity contribution < 1.29 is 22.7 Å². The smallest absolute Gasteiger partial charge is 0.387 e. The maximum atomic E-state index is 13.2. The molecule has 1 amide bonds. The lowest BCUT2D eigenvalue weighted by molar-refractivity contribution is -0.0495. The number of carbonyl (C=O) groups is 1. The summed E-state index contributed by atoms with van der Waals surface area (Å²) >= 11 is 0. The van der Waals surface area contributed by atoms with Gasteiger partial charge in [0, 0.05) is 24.7 Å². The summed E-state index contributed by atoms with van der Waals surface area (Å²) in [5.74, 6) is -1.89. The molecule has 0 unspecified atom stereocenters. The second-order valence-corrected chi connectivity index (χ2v) is 4.90. The van der Waals surface area contributed by atoms with Crippen molar-refractivity contribution in [1.82, 2.24) is 19.6 Å². The molecular weight excluding hydrogens is 339 g/mol. The summed E-state index contributed by atoms with van der Waals surface area (Å²) in [5, 5.41) is 10.5. The van der Waals surface area contributed by atoms with E-state index in [1.54, 1.807) is 29.3 Å². The maximum absolute atomic E-state index is 13.2. The Morgan fingerprint density at radius 3 is 2.80 bits per heavy atom. The van der Waals surface area contributed by atoms with Crippen molar-refractivity contribution in [1.29, 1.82) is 0 Å². The minimum atomic E-state index is -3.15. The van der Waals surface area contributed by atoms with Gasteiger partial charge in [0.25, 0.3) is 5.91 Å². The first-order valence-electron chi connectivity index (χ1n) is 7.08. The summed E-state index contributed by atoms with van der Waals surface area (Å²) in [6.45, 7) is -2.85. The molecule has 7 nitrogen and oxygen atoms in total. The summed E-state index contributed by atoms with van der Waals surface area (Å²) < 4.78 is 45.3. The second kappa shape index (κ2) is 7.07. The number of nitrogens with zero attached hydrogens (tertiary/aromatic N) is 4. The molecule has 0 aliphatic carbocycles. The first kappa shape index (κ1) is 16.6. The molecule has 0 saturated heterocycles. The zero-order chi connectivity index (χ0) is 17.8. The third-order valence-electron chi connectivity index (χ3n) is 3.13. The van der Waals surface area contributed by atoms with Crippen molar-refractivity contribution in [3.63, 3.8) is 0 Å². The molecular formula is C15H12F3N5O2. The fraction of sp³-hybridized carbons (Fsp3) is 0.133. The molecule has 3 aromatic rings. The number of anilines is 1. The molecule has 0 bridgehead atoms. The molecule has 2 heterocycles. The summed E-state index contributed by atoms with van der Waals surface area (Å²) in [7, 11) is 0. The van der Waals surface area contributed by atoms with E-state index in [1.165, 1.54) is 10.7 Å². The van der Waals surface area contributed by atoms with Crippen LogP contribution in [0.1, 0.15) is 10.5 Å². The van der Waals surface area contributed by atoms with E-state index in [4.69, 9.17) is 0 Å². The van der Waals surface area contributed by atoms with Crippen LogP contribution in [0.4, 0.5) is 18.9 Å². The zero-order valence-electron chi connectivity index (χ0n) is 12.6. The molecule has 0 fully saturated rings. The Kier molecular flexibility index (Phi) is 4.68. The molecule has 25 heavy (non-hydrogen) atoms. The van der Waals surface area contributed by atoms with Crippen LogP contribution in [-0.4, -0.2) is 32.1 Å². The molecule has 0 saturated carbocycles. The number of halogens is 3. The summed E-state index contributed by atoms with van der Waals surface area (Å²) in [6, 6.07) is 6.11. The minimum Gasteiger partial charge on any atom is -0.432 e. The van der Waals surface area contributed by atoms with Crippen molar-refractivity contribution in [3.8, 4) is 5.75 Å². The van der Waals surface area contributed by atoms with Crippen LogP contribution in [0.2, 0.25) is 0 Å². The van der Waals surface area contributed by atoms with Crippen LogP contribution in [0.15, 0.2) is 48.9 Å². The van der Waals surface area contributed by atoms with Gasteiger partial charge in [-0.1, -0.05) is 0 Å². The van der Waals surface area contributed by atoms with Gasteiger partial charge in [-0.3, -0.25) is 14.2 Å². The molecule has 1 aromatic carbocycles. The maximum Gasteiger partial charge on any atom is 0.387 e. The molecule has 10 heteroatoms. The number of rotatable bonds is 6. The number of hydrogen-bond acceptors (Lipinski definition) is 4. The number of amides is 1. The van der Waals surface area contributed by atoms with Gasteiger partial charge in [0.2, 0.25) is 0 Å². The molecule has 0 spiro atoms. The van der Waals surface area contributed by atoms with E-state index < -0.39 is 24.1 Å². The van der Waals surface area contributed by atoms with Gasteiger partial charge >= 0.3 is 6.61 Å². The standard InChI is InChI=1S/C15H12F3N5O2/c16-10-2-3-11(13(8-10)25-15(17)18)20-14(24)12-4-7-23(21-12)9-22-6-1-5-19-22/h1-8,15H,9H2,(H,20,24). The highest BCUT2D eigenvalue weighted by Gasteiger charge is 2.16. The van der Waals surface area contributed by atoms with Crippen LogP contribution in [0.5, 0.6) is 5.75 Å². The monoisotopic (exact) mass is 351 g/mol. The van der Waals surface area contributed by atoms with Gasteiger partial charge < -0.3 is 10.1 Å². The van der Waals surface area contributed by atoms with Crippen LogP contribution >= 0.6 is 0 Å². The number of alkyl halides is 2. The van der Waals surface area contributed by atoms with Crippen molar-refractivity contribution in [2.45, 2.75) is 13.3 Å². The van der Waals surface area contributed by atoms with E-state index in [0.29, 0.717) is 6.67 Å². The van der Waals surface area contributed by atoms with Gasteiger partial charge in [-0.15, -0.1) is 0 Å². The second-order valence-electron chi connectivity index (χ2n) is 4.90. The van der Waals surface area contributed by atoms with Crippen LogP contribution in [-0.2, 0) is 6.67 Å². The number of nitrogens with one attached hydrogen (secondary N) is 1. The molecule has 0 radical (unpaired) electrons. The van der Waals surface area contributed by atoms with Gasteiger partial charge in [-0.25, -0.2) is 4.39 Å². The average Bonchev–Trinajstić information content (AvgIpc) is 3.22. The van der Waals surface area contributed by atoms with Crippen LogP contribution in [0.3, 0.4) is 0 Å². The van der Waals surface area contributed by atoms with E-state index in [2.05, 4.69) is 20.3 Å². The molecule has 0 atom stereocenters. The lowest BCUT2D eigenvalue weighted by Crippen LogP contribution is -2.16. The molecule has 130 valence electrons. The molecule has 0 aliphatic heterocycles. The largest absolute Gasteiger partial charge is 0.432 e. The predicted molar refractivity (Wildman–Crippen MR) is 80.8 cm³/mol. The van der Waals surface area contributed by atoms with E-state index in [1.807, 2.05) is 0 Å². The van der Waals surface area contributed by atoms with Crippen LogP contribution < -0.4 is 10.1 Å². The van der Waals surface area contributed by atoms with E-state index in [0.717, 1.165) is 18.2 Å². The summed E-state index contributed by atoms with van der Waals surface area (Å²) in [5.41, 5.74) is -0.0344. The molecule has 0 aliphatic rings. The molecule has 3 rings (SSSR count). The van der Waals surface area contributed by atoms with Crippen molar-refractivity contribution in [3.05, 3.63) is 60.4 Å².